The van der Waals surface area contributed by atoms with Crippen LogP contribution in [0, 0.1) is 11.8 Å². The Balaban J connectivity index is 1.71. The van der Waals surface area contributed by atoms with Crippen LogP contribution in [-0.2, 0) is 35.0 Å². The minimum absolute atomic E-state index is 0.00738. The van der Waals surface area contributed by atoms with E-state index in [0.29, 0.717) is 24.3 Å². The van der Waals surface area contributed by atoms with Crippen molar-refractivity contribution in [3.8, 4) is 5.75 Å². The number of aliphatic hydroxyl groups is 1. The predicted octanol–water partition coefficient (Wildman–Crippen LogP) is 7.47. The summed E-state index contributed by atoms with van der Waals surface area (Å²) in [7, 11) is 9.56. The summed E-state index contributed by atoms with van der Waals surface area (Å²) in [5.74, 6) is -1.32. The third kappa shape index (κ3) is 10.9. The number of ether oxygens (including phenoxy) is 4. The molecule has 0 saturated carbocycles. The van der Waals surface area contributed by atoms with E-state index in [1.807, 2.05) is 39.0 Å². The number of methoxy groups -OCH3 is 2. The number of fused-ring (bicyclic) bond motifs is 5. The Morgan fingerprint density at radius 3 is 2.60 bits per heavy atom. The summed E-state index contributed by atoms with van der Waals surface area (Å²) in [5.41, 5.74) is -0.542. The van der Waals surface area contributed by atoms with Gasteiger partial charge in [-0.15, -0.1) is 0 Å². The average molecular weight is 936 g/mol. The van der Waals surface area contributed by atoms with E-state index in [0.717, 1.165) is 11.1 Å². The lowest BCUT2D eigenvalue weighted by Gasteiger charge is -2.42. The quantitative estimate of drug-likeness (QED) is 0.130. The minimum Gasteiger partial charge on any atom is -0.495 e. The van der Waals surface area contributed by atoms with Gasteiger partial charge in [-0.05, 0) is 73.1 Å². The second kappa shape index (κ2) is 18.7. The number of epoxide rings is 1. The number of alkyl carbamates (subject to hydrolysis) is 1. The van der Waals surface area contributed by atoms with E-state index in [9.17, 15) is 24.3 Å². The Bertz CT molecular complexity index is 1680. The summed E-state index contributed by atoms with van der Waals surface area (Å²) >= 11 is 9.03. The van der Waals surface area contributed by atoms with Crippen LogP contribution in [0.1, 0.15) is 79.2 Å². The highest BCUT2D eigenvalue weighted by molar-refractivity contribution is 14.2. The van der Waals surface area contributed by atoms with E-state index in [-0.39, 0.29) is 53.1 Å². The topological polar surface area (TPSA) is 147 Å². The molecule has 0 unspecified atom stereocenters. The molecule has 306 valence electrons. The summed E-state index contributed by atoms with van der Waals surface area (Å²) in [6.07, 6.45) is 3.56. The van der Waals surface area contributed by atoms with Crippen molar-refractivity contribution in [3.05, 3.63) is 46.5 Å². The molecule has 1 aromatic carbocycles. The Labute approximate surface area is 350 Å². The minimum atomic E-state index is -1.79. The summed E-state index contributed by atoms with van der Waals surface area (Å²) in [6, 6.07) is 2.91. The summed E-state index contributed by atoms with van der Waals surface area (Å²) in [5, 5.41) is 14.6. The maximum Gasteiger partial charge on any atom is 0.409 e. The number of likely N-dealkylation sites (N-methyl/N-ethyl adjacent to an activating group) is 1. The van der Waals surface area contributed by atoms with Gasteiger partial charge >= 0.3 is 6.09 Å². The van der Waals surface area contributed by atoms with Crippen LogP contribution in [0.25, 0.3) is 0 Å². The fraction of sp³-hybridized carbons (Fsp3) is 0.641. The maximum atomic E-state index is 14.3. The first kappa shape index (κ1) is 45.7. The van der Waals surface area contributed by atoms with Crippen LogP contribution < -0.4 is 15.0 Å². The van der Waals surface area contributed by atoms with Crippen LogP contribution in [-0.4, -0.2) is 102 Å². The smallest absolute Gasteiger partial charge is 0.409 e. The van der Waals surface area contributed by atoms with Gasteiger partial charge in [-0.2, -0.15) is 0 Å². The molecule has 0 aliphatic carbocycles. The summed E-state index contributed by atoms with van der Waals surface area (Å²) < 4.78 is 23.3. The molecule has 8 atom stereocenters. The number of carbonyl (C=O) groups excluding carboxylic acids is 4. The van der Waals surface area contributed by atoms with Gasteiger partial charge in [0, 0.05) is 84.7 Å². The van der Waals surface area contributed by atoms with E-state index in [2.05, 4.69) is 40.4 Å². The molecule has 0 radical (unpaired) electrons. The van der Waals surface area contributed by atoms with Crippen molar-refractivity contribution < 1.29 is 43.2 Å². The molecule has 12 nitrogen and oxygen atoms in total. The number of nitrogens with one attached hydrogen (secondary N) is 1. The molecule has 2 fully saturated rings. The predicted molar refractivity (Wildman–Crippen MR) is 227 cm³/mol. The number of carbonyl (C=O) groups is 4. The molecular weight excluding hydrogens is 881 g/mol. The van der Waals surface area contributed by atoms with Crippen LogP contribution in [0.2, 0.25) is 5.02 Å². The van der Waals surface area contributed by atoms with Crippen molar-refractivity contribution in [2.45, 2.75) is 120 Å². The molecule has 4 bridgehead atoms. The molecule has 3 aliphatic heterocycles. The zero-order chi connectivity index (χ0) is 41.0. The van der Waals surface area contributed by atoms with E-state index >= 15 is 0 Å². The van der Waals surface area contributed by atoms with Gasteiger partial charge in [0.05, 0.1) is 30.5 Å². The number of Topliss-reactive ketones (excluding diaryl/α,β-unsaturated/α-hetero) is 1. The molecule has 0 aromatic heterocycles. The van der Waals surface area contributed by atoms with Crippen molar-refractivity contribution in [2.75, 3.05) is 33.2 Å². The number of anilines is 1. The number of nitrogens with zero attached hydrogens (tertiary/aromatic N) is 2. The second-order valence-corrected chi connectivity index (χ2v) is 21.6. The van der Waals surface area contributed by atoms with Crippen LogP contribution in [0.4, 0.5) is 10.5 Å². The first-order valence-corrected chi connectivity index (χ1v) is 23.4. The van der Waals surface area contributed by atoms with Gasteiger partial charge in [-0.1, -0.05) is 53.1 Å². The third-order valence-electron chi connectivity index (χ3n) is 11.3. The summed E-state index contributed by atoms with van der Waals surface area (Å²) in [6.45, 7) is 11.5. The number of ketones is 1. The normalized spacial score (nSPS) is 30.9. The van der Waals surface area contributed by atoms with Crippen molar-refractivity contribution in [3.63, 3.8) is 0 Å². The number of allylic oxidation sites excluding steroid dienone is 3. The fourth-order valence-electron chi connectivity index (χ4n) is 7.40. The molecule has 2 saturated heterocycles. The van der Waals surface area contributed by atoms with Gasteiger partial charge in [0.2, 0.25) is 11.8 Å². The average Bonchev–Trinajstić information content (AvgIpc) is 3.82. The van der Waals surface area contributed by atoms with Crippen molar-refractivity contribution in [1.29, 1.82) is 0 Å². The van der Waals surface area contributed by atoms with Gasteiger partial charge in [0.1, 0.15) is 23.0 Å². The molecule has 3 heterocycles. The van der Waals surface area contributed by atoms with E-state index in [1.54, 1.807) is 51.9 Å². The Kier molecular flexibility index (Phi) is 15.5. The van der Waals surface area contributed by atoms with E-state index < -0.39 is 53.6 Å². The largest absolute Gasteiger partial charge is 0.495 e. The van der Waals surface area contributed by atoms with Gasteiger partial charge in [0.25, 0.3) is 0 Å². The number of halogens is 2. The molecule has 3 amide bonds. The van der Waals surface area contributed by atoms with Crippen molar-refractivity contribution in [1.82, 2.24) is 10.2 Å². The van der Waals surface area contributed by atoms with Crippen molar-refractivity contribution >= 4 is 80.9 Å². The lowest BCUT2D eigenvalue weighted by Crippen LogP contribution is -2.63. The standard InChI is InChI=1S/C39H55ClIN3O9S2/c1-22-12-11-13-31(51-10)39(49)21-30(52-36(48)42-39)23(2)35-38(6,53-35)26(19-28(45)24(3)43(7)32(46)14-15-37(4,5)54-55-41)20-33(47)44(8)27-17-25(16-22)18-29(50-9)34(27)40/h11-13,17-18,23-24,26,30-31,35,49H,14-16,19-21H2,1-10H3,(H,42,48)/b13-11+,22-12+/t23-,24+,26+,30+,31-,35+,38+,39+/m1/s1. The number of rotatable bonds is 11. The molecule has 3 aliphatic rings. The zero-order valence-corrected chi connectivity index (χ0v) is 37.8. The lowest BCUT2D eigenvalue weighted by molar-refractivity contribution is -0.142. The van der Waals surface area contributed by atoms with Crippen LogP contribution >= 0.6 is 51.6 Å². The zero-order valence-electron chi connectivity index (χ0n) is 33.3. The van der Waals surface area contributed by atoms with Gasteiger partial charge in [-0.25, -0.2) is 4.79 Å². The molecular formula is C39H55ClIN3O9S2. The SMILES string of the molecule is COc1cc2cc(c1Cl)N(C)C(=O)C[C@H](CC(=O)[C@H](C)N(C)C(=O)CCC(C)(C)SSI)[C@]1(C)O[C@H]1[C@H](C)[C@@H]1C[C@@](O)(NC(=O)O1)[C@H](OC)/C=C/C=C(\C)C2. The maximum absolute atomic E-state index is 14.3. The van der Waals surface area contributed by atoms with Gasteiger partial charge in [0.15, 0.2) is 11.5 Å². The van der Waals surface area contributed by atoms with Gasteiger partial charge in [-0.3, -0.25) is 19.7 Å². The van der Waals surface area contributed by atoms with E-state index in [4.69, 9.17) is 30.5 Å². The molecule has 1 aromatic rings. The molecule has 16 heteroatoms. The summed E-state index contributed by atoms with van der Waals surface area (Å²) in [4.78, 5) is 57.5. The van der Waals surface area contributed by atoms with Crippen LogP contribution in [0.3, 0.4) is 0 Å². The molecule has 4 rings (SSSR count). The van der Waals surface area contributed by atoms with E-state index in [1.165, 1.54) is 24.0 Å². The van der Waals surface area contributed by atoms with Crippen molar-refractivity contribution in [2.24, 2.45) is 11.8 Å². The number of hydrogen-bond acceptors (Lipinski definition) is 11. The Morgan fingerprint density at radius 2 is 1.96 bits per heavy atom. The first-order valence-electron chi connectivity index (χ1n) is 18.3. The Hall–Kier alpha value is -2.02. The first-order chi connectivity index (χ1) is 25.7. The molecule has 55 heavy (non-hydrogen) atoms. The highest BCUT2D eigenvalue weighted by Crippen LogP contribution is 2.52. The highest BCUT2D eigenvalue weighted by Gasteiger charge is 2.63. The second-order valence-electron chi connectivity index (χ2n) is 15.8. The molecule has 0 spiro atoms. The highest BCUT2D eigenvalue weighted by atomic mass is 127. The van der Waals surface area contributed by atoms with Gasteiger partial charge < -0.3 is 33.9 Å². The van der Waals surface area contributed by atoms with Crippen LogP contribution in [0.5, 0.6) is 5.75 Å². The molecule has 2 N–H and O–H groups in total. The Morgan fingerprint density at radius 1 is 1.27 bits per heavy atom. The monoisotopic (exact) mass is 935 g/mol. The number of benzene rings is 1. The third-order valence-corrected chi connectivity index (χ3v) is 15.5. The number of hydrogen-bond donors (Lipinski definition) is 2. The fourth-order valence-corrected chi connectivity index (χ4v) is 13.2. The van der Waals surface area contributed by atoms with Crippen LogP contribution in [0.15, 0.2) is 35.9 Å². The number of amides is 3. The lowest BCUT2D eigenvalue weighted by atomic mass is 9.77.